The third-order valence-corrected chi connectivity index (χ3v) is 6.11. The number of nitro groups is 1. The van der Waals surface area contributed by atoms with Crippen LogP contribution in [0.4, 0.5) is 11.6 Å². The fraction of sp³-hybridized carbons (Fsp3) is 0.192. The third kappa shape index (κ3) is 3.90. The van der Waals surface area contributed by atoms with Crippen LogP contribution < -0.4 is 4.90 Å². The zero-order valence-corrected chi connectivity index (χ0v) is 18.9. The number of aromatic nitrogens is 2. The van der Waals surface area contributed by atoms with Crippen molar-refractivity contribution in [1.29, 1.82) is 0 Å². The zero-order valence-electron chi connectivity index (χ0n) is 18.9. The molecule has 3 aromatic carbocycles. The SMILES string of the molecule is CCOC(=O)[C@H]1C(=O)N(Cc2ccccc2)c2nc3ccccc3n2[C@@H]1c1ccc([N+](=O)[O-])cc1. The Morgan fingerprint density at radius 2 is 1.71 bits per heavy atom. The fourth-order valence-corrected chi connectivity index (χ4v) is 4.56. The second-order valence-corrected chi connectivity index (χ2v) is 8.20. The van der Waals surface area contributed by atoms with E-state index in [9.17, 15) is 19.7 Å². The minimum absolute atomic E-state index is 0.0787. The van der Waals surface area contributed by atoms with Gasteiger partial charge in [-0.05, 0) is 30.2 Å². The summed E-state index contributed by atoms with van der Waals surface area (Å²) >= 11 is 0. The lowest BCUT2D eigenvalue weighted by Crippen LogP contribution is -2.49. The quantitative estimate of drug-likeness (QED) is 0.180. The molecule has 0 N–H and O–H groups in total. The van der Waals surface area contributed by atoms with Crippen molar-refractivity contribution in [1.82, 2.24) is 9.55 Å². The van der Waals surface area contributed by atoms with Crippen molar-refractivity contribution in [2.75, 3.05) is 11.5 Å². The third-order valence-electron chi connectivity index (χ3n) is 6.11. The maximum Gasteiger partial charge on any atom is 0.321 e. The van der Waals surface area contributed by atoms with Gasteiger partial charge >= 0.3 is 5.97 Å². The maximum atomic E-state index is 13.9. The minimum Gasteiger partial charge on any atom is -0.465 e. The Bertz CT molecular complexity index is 1410. The molecule has 9 heteroatoms. The molecule has 1 amide bonds. The van der Waals surface area contributed by atoms with Crippen LogP contribution in [0, 0.1) is 16.0 Å². The minimum atomic E-state index is -1.19. The molecule has 1 aliphatic rings. The highest BCUT2D eigenvalue weighted by Crippen LogP contribution is 2.42. The van der Waals surface area contributed by atoms with Crippen molar-refractivity contribution in [2.24, 2.45) is 5.92 Å². The Labute approximate surface area is 200 Å². The van der Waals surface area contributed by atoms with Crippen molar-refractivity contribution in [3.05, 3.63) is 100 Å². The molecule has 0 bridgehead atoms. The molecule has 0 spiro atoms. The van der Waals surface area contributed by atoms with Crippen LogP contribution >= 0.6 is 0 Å². The number of rotatable bonds is 6. The Morgan fingerprint density at radius 3 is 2.40 bits per heavy atom. The normalized spacial score (nSPS) is 17.3. The van der Waals surface area contributed by atoms with Gasteiger partial charge in [0.05, 0.1) is 35.2 Å². The van der Waals surface area contributed by atoms with E-state index in [0.717, 1.165) is 11.1 Å². The first-order valence-corrected chi connectivity index (χ1v) is 11.2. The van der Waals surface area contributed by atoms with Gasteiger partial charge in [-0.25, -0.2) is 4.98 Å². The highest BCUT2D eigenvalue weighted by molar-refractivity contribution is 6.08. The number of ether oxygens (including phenoxy) is 1. The summed E-state index contributed by atoms with van der Waals surface area (Å²) in [6.45, 7) is 2.03. The van der Waals surface area contributed by atoms with Crippen molar-refractivity contribution in [3.8, 4) is 0 Å². The van der Waals surface area contributed by atoms with Crippen molar-refractivity contribution in [3.63, 3.8) is 0 Å². The molecule has 35 heavy (non-hydrogen) atoms. The summed E-state index contributed by atoms with van der Waals surface area (Å²) in [6.07, 6.45) is 0. The number of amides is 1. The number of benzene rings is 3. The maximum absolute atomic E-state index is 13.9. The van der Waals surface area contributed by atoms with Crippen LogP contribution in [0.15, 0.2) is 78.9 Å². The number of esters is 1. The Balaban J connectivity index is 1.73. The summed E-state index contributed by atoms with van der Waals surface area (Å²) in [6, 6.07) is 22.0. The van der Waals surface area contributed by atoms with Crippen LogP contribution in [-0.2, 0) is 20.9 Å². The van der Waals surface area contributed by atoms with Gasteiger partial charge in [0.15, 0.2) is 5.92 Å². The van der Waals surface area contributed by atoms with E-state index in [1.54, 1.807) is 19.1 Å². The number of non-ortho nitro benzene ring substituents is 1. The van der Waals surface area contributed by atoms with Crippen LogP contribution in [0.2, 0.25) is 0 Å². The Hall–Kier alpha value is -4.53. The zero-order chi connectivity index (χ0) is 24.5. The van der Waals surface area contributed by atoms with Crippen molar-refractivity contribution < 1.29 is 19.2 Å². The number of para-hydroxylation sites is 2. The summed E-state index contributed by atoms with van der Waals surface area (Å²) in [5, 5.41) is 11.2. The number of carbonyl (C=O) groups is 2. The summed E-state index contributed by atoms with van der Waals surface area (Å²) in [5.74, 6) is -1.87. The molecular weight excluding hydrogens is 448 g/mol. The molecule has 2 atom stereocenters. The van der Waals surface area contributed by atoms with E-state index < -0.39 is 28.8 Å². The van der Waals surface area contributed by atoms with Gasteiger partial charge in [-0.15, -0.1) is 0 Å². The molecule has 1 aliphatic heterocycles. The standard InChI is InChI=1S/C26H22N4O5/c1-2-35-25(32)22-23(18-12-14-19(15-13-18)30(33)34)29-21-11-7-6-10-20(21)27-26(29)28(24(22)31)16-17-8-4-3-5-9-17/h3-15,22-23H,2,16H2,1H3/t22-,23-/m1/s1. The second kappa shape index (κ2) is 9.02. The average molecular weight is 470 g/mol. The van der Waals surface area contributed by atoms with Gasteiger partial charge in [0.25, 0.3) is 5.69 Å². The predicted molar refractivity (Wildman–Crippen MR) is 129 cm³/mol. The van der Waals surface area contributed by atoms with Crippen LogP contribution in [-0.4, -0.2) is 33.0 Å². The average Bonchev–Trinajstić information content (AvgIpc) is 3.25. The molecule has 4 aromatic rings. The number of hydrogen-bond donors (Lipinski definition) is 0. The molecule has 0 radical (unpaired) electrons. The number of fused-ring (bicyclic) bond motifs is 3. The summed E-state index contributed by atoms with van der Waals surface area (Å²) in [5.41, 5.74) is 2.79. The number of hydrogen-bond acceptors (Lipinski definition) is 6. The number of nitro benzene ring substituents is 1. The number of nitrogens with zero attached hydrogens (tertiary/aromatic N) is 4. The van der Waals surface area contributed by atoms with E-state index in [2.05, 4.69) is 0 Å². The first kappa shape index (κ1) is 22.3. The van der Waals surface area contributed by atoms with Crippen LogP contribution in [0.3, 0.4) is 0 Å². The van der Waals surface area contributed by atoms with Gasteiger partial charge in [0.2, 0.25) is 11.9 Å². The Morgan fingerprint density at radius 1 is 1.03 bits per heavy atom. The number of anilines is 1. The molecule has 0 fully saturated rings. The highest BCUT2D eigenvalue weighted by atomic mass is 16.6. The summed E-state index contributed by atoms with van der Waals surface area (Å²) < 4.78 is 7.20. The van der Waals surface area contributed by atoms with Crippen LogP contribution in [0.1, 0.15) is 24.1 Å². The number of imidazole rings is 1. The highest BCUT2D eigenvalue weighted by Gasteiger charge is 2.47. The molecule has 2 heterocycles. The van der Waals surface area contributed by atoms with E-state index >= 15 is 0 Å². The van der Waals surface area contributed by atoms with E-state index in [1.807, 2.05) is 59.2 Å². The topological polar surface area (TPSA) is 108 Å². The molecule has 0 unspecified atom stereocenters. The van der Waals surface area contributed by atoms with Gasteiger partial charge in [-0.3, -0.25) is 24.6 Å². The van der Waals surface area contributed by atoms with Crippen LogP contribution in [0.5, 0.6) is 0 Å². The molecule has 176 valence electrons. The van der Waals surface area contributed by atoms with E-state index in [0.29, 0.717) is 17.0 Å². The molecule has 0 saturated carbocycles. The van der Waals surface area contributed by atoms with Gasteiger partial charge in [0, 0.05) is 12.1 Å². The van der Waals surface area contributed by atoms with Gasteiger partial charge < -0.3 is 9.30 Å². The lowest BCUT2D eigenvalue weighted by molar-refractivity contribution is -0.384. The molecule has 0 saturated heterocycles. The lowest BCUT2D eigenvalue weighted by Gasteiger charge is -2.38. The van der Waals surface area contributed by atoms with Crippen LogP contribution in [0.25, 0.3) is 11.0 Å². The molecule has 9 nitrogen and oxygen atoms in total. The largest absolute Gasteiger partial charge is 0.465 e. The first-order chi connectivity index (χ1) is 17.0. The molecule has 5 rings (SSSR count). The summed E-state index contributed by atoms with van der Waals surface area (Å²) in [7, 11) is 0. The molecular formula is C26H22N4O5. The van der Waals surface area contributed by atoms with Gasteiger partial charge in [-0.1, -0.05) is 54.6 Å². The van der Waals surface area contributed by atoms with E-state index in [4.69, 9.17) is 9.72 Å². The van der Waals surface area contributed by atoms with Crippen molar-refractivity contribution in [2.45, 2.75) is 19.5 Å². The number of carbonyl (C=O) groups excluding carboxylic acids is 2. The van der Waals surface area contributed by atoms with E-state index in [1.165, 1.54) is 17.0 Å². The summed E-state index contributed by atoms with van der Waals surface area (Å²) in [4.78, 5) is 44.1. The lowest BCUT2D eigenvalue weighted by atomic mass is 9.89. The fourth-order valence-electron chi connectivity index (χ4n) is 4.56. The molecule has 1 aromatic heterocycles. The van der Waals surface area contributed by atoms with Gasteiger partial charge in [-0.2, -0.15) is 0 Å². The monoisotopic (exact) mass is 470 g/mol. The molecule has 0 aliphatic carbocycles. The smallest absolute Gasteiger partial charge is 0.321 e. The van der Waals surface area contributed by atoms with Gasteiger partial charge in [0.1, 0.15) is 0 Å². The predicted octanol–water partition coefficient (Wildman–Crippen LogP) is 4.26. The van der Waals surface area contributed by atoms with Crippen molar-refractivity contribution >= 4 is 34.5 Å². The van der Waals surface area contributed by atoms with E-state index in [-0.39, 0.29) is 18.8 Å². The Kier molecular flexibility index (Phi) is 5.74. The second-order valence-electron chi connectivity index (χ2n) is 8.20. The first-order valence-electron chi connectivity index (χ1n) is 11.2.